The van der Waals surface area contributed by atoms with E-state index < -0.39 is 0 Å². The fourth-order valence-corrected chi connectivity index (χ4v) is 4.35. The van der Waals surface area contributed by atoms with Crippen LogP contribution < -0.4 is 4.57 Å². The zero-order valence-electron chi connectivity index (χ0n) is 18.9. The number of nitrogens with one attached hydrogen (secondary N) is 1. The number of aromatic nitrogens is 2. The Morgan fingerprint density at radius 3 is 1.56 bits per heavy atom. The highest BCUT2D eigenvalue weighted by Gasteiger charge is 2.19. The Hall–Kier alpha value is -0.790. The molecular weight excluding hydrogens is 328 g/mol. The lowest BCUT2D eigenvalue weighted by molar-refractivity contribution is -0.679. The lowest BCUT2D eigenvalue weighted by atomic mass is 9.95. The van der Waals surface area contributed by atoms with Gasteiger partial charge in [0.25, 0.3) is 5.82 Å². The van der Waals surface area contributed by atoms with Crippen molar-refractivity contribution in [2.75, 3.05) is 0 Å². The summed E-state index contributed by atoms with van der Waals surface area (Å²) in [5, 5.41) is 0. The molecule has 2 heteroatoms. The van der Waals surface area contributed by atoms with Crippen molar-refractivity contribution in [3.05, 3.63) is 18.2 Å². The topological polar surface area (TPSA) is 19.7 Å². The number of aromatic amines is 1. The standard InChI is InChI=1S/C25H48N2/c1-4-6-7-8-9-10-11-12-13-14-15-16-17-18-19-21-24(20-5-2)25-26-22-23-27(25)3/h22-24H,4-21H2,1-3H3/p+1/t24-/m0/s1. The quantitative estimate of drug-likeness (QED) is 0.186. The number of rotatable bonds is 19. The van der Waals surface area contributed by atoms with E-state index in [-0.39, 0.29) is 0 Å². The molecule has 2 nitrogen and oxygen atoms in total. The van der Waals surface area contributed by atoms with E-state index in [2.05, 4.69) is 42.8 Å². The van der Waals surface area contributed by atoms with Crippen LogP contribution in [-0.4, -0.2) is 4.98 Å². The number of unbranched alkanes of at least 4 members (excludes halogenated alkanes) is 14. The number of imidazole rings is 1. The Morgan fingerprint density at radius 1 is 0.667 bits per heavy atom. The van der Waals surface area contributed by atoms with E-state index in [1.54, 1.807) is 0 Å². The fourth-order valence-electron chi connectivity index (χ4n) is 4.35. The highest BCUT2D eigenvalue weighted by Crippen LogP contribution is 2.24. The van der Waals surface area contributed by atoms with Crippen molar-refractivity contribution >= 4 is 0 Å². The fraction of sp³-hybridized carbons (Fsp3) is 0.880. The average molecular weight is 378 g/mol. The third-order valence-electron chi connectivity index (χ3n) is 6.09. The van der Waals surface area contributed by atoms with Crippen LogP contribution in [0, 0.1) is 0 Å². The minimum Gasteiger partial charge on any atom is -0.247 e. The predicted molar refractivity (Wildman–Crippen MR) is 119 cm³/mol. The molecule has 0 aromatic carbocycles. The summed E-state index contributed by atoms with van der Waals surface area (Å²) in [7, 11) is 2.17. The molecule has 0 saturated heterocycles. The molecule has 1 atom stereocenters. The largest absolute Gasteiger partial charge is 0.257 e. The van der Waals surface area contributed by atoms with Gasteiger partial charge in [0.15, 0.2) is 0 Å². The predicted octanol–water partition coefficient (Wildman–Crippen LogP) is 7.98. The highest BCUT2D eigenvalue weighted by atomic mass is 15.0. The third-order valence-corrected chi connectivity index (χ3v) is 6.09. The Balaban J connectivity index is 1.89. The maximum Gasteiger partial charge on any atom is 0.257 e. The zero-order valence-corrected chi connectivity index (χ0v) is 18.9. The summed E-state index contributed by atoms with van der Waals surface area (Å²) in [6.07, 6.45) is 29.9. The first-order chi connectivity index (χ1) is 13.3. The van der Waals surface area contributed by atoms with E-state index in [1.165, 1.54) is 121 Å². The average Bonchev–Trinajstić information content (AvgIpc) is 3.10. The van der Waals surface area contributed by atoms with Crippen molar-refractivity contribution < 1.29 is 4.57 Å². The summed E-state index contributed by atoms with van der Waals surface area (Å²) in [5.41, 5.74) is 0. The van der Waals surface area contributed by atoms with Gasteiger partial charge in [-0.2, -0.15) is 0 Å². The van der Waals surface area contributed by atoms with Crippen LogP contribution in [0.3, 0.4) is 0 Å². The van der Waals surface area contributed by atoms with Gasteiger partial charge in [-0.15, -0.1) is 0 Å². The van der Waals surface area contributed by atoms with E-state index in [0.717, 1.165) is 5.92 Å². The number of H-pyrrole nitrogens is 1. The molecule has 0 saturated carbocycles. The van der Waals surface area contributed by atoms with E-state index in [0.29, 0.717) is 0 Å². The van der Waals surface area contributed by atoms with Gasteiger partial charge in [-0.25, -0.2) is 9.55 Å². The first-order valence-corrected chi connectivity index (χ1v) is 12.3. The molecule has 1 rings (SSSR count). The molecule has 0 spiro atoms. The maximum atomic E-state index is 3.46. The monoisotopic (exact) mass is 377 g/mol. The van der Waals surface area contributed by atoms with Gasteiger partial charge in [0, 0.05) is 0 Å². The van der Waals surface area contributed by atoms with Crippen molar-refractivity contribution in [2.24, 2.45) is 7.05 Å². The minimum atomic E-state index is 0.719. The van der Waals surface area contributed by atoms with Gasteiger partial charge in [0.2, 0.25) is 0 Å². The van der Waals surface area contributed by atoms with Gasteiger partial charge < -0.3 is 0 Å². The van der Waals surface area contributed by atoms with Crippen LogP contribution in [0.15, 0.2) is 12.4 Å². The van der Waals surface area contributed by atoms with Gasteiger partial charge in [-0.05, 0) is 12.8 Å². The molecule has 0 bridgehead atoms. The van der Waals surface area contributed by atoms with Crippen LogP contribution in [0.4, 0.5) is 0 Å². The maximum absolute atomic E-state index is 3.46. The van der Waals surface area contributed by atoms with E-state index in [1.807, 2.05) is 0 Å². The number of nitrogens with zero attached hydrogens (tertiary/aromatic N) is 1. The van der Waals surface area contributed by atoms with Crippen molar-refractivity contribution in [3.8, 4) is 0 Å². The molecule has 1 aromatic heterocycles. The molecule has 0 unspecified atom stereocenters. The lowest BCUT2D eigenvalue weighted by Gasteiger charge is -2.11. The van der Waals surface area contributed by atoms with Crippen LogP contribution in [0.1, 0.15) is 141 Å². The normalized spacial score (nSPS) is 12.6. The molecule has 0 aliphatic rings. The van der Waals surface area contributed by atoms with E-state index in [9.17, 15) is 0 Å². The SMILES string of the molecule is CCCCCCCCCCCCCCCCC[C@H](CCC)c1[nH]cc[n+]1C. The van der Waals surface area contributed by atoms with Crippen LogP contribution in [-0.2, 0) is 7.05 Å². The van der Waals surface area contributed by atoms with Gasteiger partial charge in [0.1, 0.15) is 12.4 Å². The van der Waals surface area contributed by atoms with Gasteiger partial charge in [-0.3, -0.25) is 0 Å². The van der Waals surface area contributed by atoms with Crippen molar-refractivity contribution in [1.29, 1.82) is 0 Å². The number of hydrogen-bond acceptors (Lipinski definition) is 0. The second kappa shape index (κ2) is 17.3. The summed E-state index contributed by atoms with van der Waals surface area (Å²) in [6, 6.07) is 0. The van der Waals surface area contributed by atoms with Crippen molar-refractivity contribution in [3.63, 3.8) is 0 Å². The molecule has 158 valence electrons. The Kier molecular flexibility index (Phi) is 15.6. The second-order valence-electron chi connectivity index (χ2n) is 8.68. The number of aryl methyl sites for hydroxylation is 1. The van der Waals surface area contributed by atoms with E-state index >= 15 is 0 Å². The van der Waals surface area contributed by atoms with Crippen LogP contribution in [0.5, 0.6) is 0 Å². The molecule has 0 aliphatic carbocycles. The molecular formula is C25H49N2+. The van der Waals surface area contributed by atoms with Gasteiger partial charge >= 0.3 is 0 Å². The molecule has 0 radical (unpaired) electrons. The summed E-state index contributed by atoms with van der Waals surface area (Å²) in [6.45, 7) is 4.61. The molecule has 0 fully saturated rings. The van der Waals surface area contributed by atoms with Crippen LogP contribution in [0.25, 0.3) is 0 Å². The third kappa shape index (κ3) is 12.3. The summed E-state index contributed by atoms with van der Waals surface area (Å²) < 4.78 is 2.27. The molecule has 0 amide bonds. The molecule has 1 N–H and O–H groups in total. The lowest BCUT2D eigenvalue weighted by Crippen LogP contribution is -2.32. The van der Waals surface area contributed by atoms with Gasteiger partial charge in [-0.1, -0.05) is 117 Å². The first kappa shape index (κ1) is 24.2. The summed E-state index contributed by atoms with van der Waals surface area (Å²) >= 11 is 0. The van der Waals surface area contributed by atoms with E-state index in [4.69, 9.17) is 0 Å². The Bertz CT molecular complexity index is 424. The Labute approximate surface area is 170 Å². The zero-order chi connectivity index (χ0) is 19.6. The Morgan fingerprint density at radius 2 is 1.15 bits per heavy atom. The van der Waals surface area contributed by atoms with Gasteiger partial charge in [0.05, 0.1) is 13.0 Å². The first-order valence-electron chi connectivity index (χ1n) is 12.3. The summed E-state index contributed by atoms with van der Waals surface area (Å²) in [5.74, 6) is 2.14. The molecule has 27 heavy (non-hydrogen) atoms. The van der Waals surface area contributed by atoms with Crippen LogP contribution >= 0.6 is 0 Å². The second-order valence-corrected chi connectivity index (χ2v) is 8.68. The molecule has 1 aromatic rings. The smallest absolute Gasteiger partial charge is 0.247 e. The molecule has 0 aliphatic heterocycles. The summed E-state index contributed by atoms with van der Waals surface area (Å²) in [4.78, 5) is 3.46. The highest BCUT2D eigenvalue weighted by molar-refractivity contribution is 4.89. The molecule has 1 heterocycles. The number of hydrogen-bond donors (Lipinski definition) is 1. The minimum absolute atomic E-state index is 0.719. The van der Waals surface area contributed by atoms with Crippen LogP contribution in [0.2, 0.25) is 0 Å². The van der Waals surface area contributed by atoms with Crippen molar-refractivity contribution in [1.82, 2.24) is 4.98 Å². The van der Waals surface area contributed by atoms with Crippen molar-refractivity contribution in [2.45, 2.75) is 135 Å².